The van der Waals surface area contributed by atoms with Gasteiger partial charge in [-0.1, -0.05) is 0 Å². The number of benzene rings is 1. The van der Waals surface area contributed by atoms with Crippen molar-refractivity contribution >= 4 is 0 Å². The minimum atomic E-state index is 0.473. The van der Waals surface area contributed by atoms with Gasteiger partial charge in [-0.2, -0.15) is 0 Å². The Labute approximate surface area is 114 Å². The maximum Gasteiger partial charge on any atom is 0.161 e. The van der Waals surface area contributed by atoms with Crippen molar-refractivity contribution in [3.63, 3.8) is 0 Å². The first-order valence-corrected chi connectivity index (χ1v) is 7.03. The number of nitrogens with one attached hydrogen (secondary N) is 1. The molecule has 104 valence electrons. The van der Waals surface area contributed by atoms with Crippen LogP contribution in [0.25, 0.3) is 0 Å². The highest BCUT2D eigenvalue weighted by molar-refractivity contribution is 5.47. The van der Waals surface area contributed by atoms with Crippen molar-refractivity contribution in [3.8, 4) is 11.5 Å². The zero-order valence-electron chi connectivity index (χ0n) is 11.4. The number of aryl methyl sites for hydroxylation is 2. The predicted octanol–water partition coefficient (Wildman–Crippen LogP) is 1.69. The van der Waals surface area contributed by atoms with Crippen LogP contribution in [0.2, 0.25) is 0 Å². The lowest BCUT2D eigenvalue weighted by Gasteiger charge is -2.24. The van der Waals surface area contributed by atoms with E-state index in [-0.39, 0.29) is 0 Å². The Morgan fingerprint density at radius 3 is 2.68 bits per heavy atom. The van der Waals surface area contributed by atoms with Crippen molar-refractivity contribution in [1.29, 1.82) is 0 Å². The van der Waals surface area contributed by atoms with E-state index in [1.807, 2.05) is 0 Å². The zero-order valence-corrected chi connectivity index (χ0v) is 11.4. The van der Waals surface area contributed by atoms with Crippen LogP contribution < -0.4 is 14.8 Å². The van der Waals surface area contributed by atoms with E-state index in [1.165, 1.54) is 11.1 Å². The fourth-order valence-electron chi connectivity index (χ4n) is 2.64. The van der Waals surface area contributed by atoms with Gasteiger partial charge < -0.3 is 19.5 Å². The standard InChI is InChI=1S/C15H21NO3/c1-11-8-14-15(19-7-6-18-14)9-12(11)2-3-13-10-17-5-4-16-13/h8-9,13,16H,2-7,10H2,1H3. The monoisotopic (exact) mass is 263 g/mol. The molecule has 0 saturated carbocycles. The molecule has 4 heteroatoms. The second-order valence-corrected chi connectivity index (χ2v) is 5.19. The molecule has 2 aliphatic heterocycles. The number of hydrogen-bond acceptors (Lipinski definition) is 4. The summed E-state index contributed by atoms with van der Waals surface area (Å²) in [6.07, 6.45) is 2.14. The molecule has 1 unspecified atom stereocenters. The molecule has 2 heterocycles. The van der Waals surface area contributed by atoms with Gasteiger partial charge in [-0.25, -0.2) is 0 Å². The summed E-state index contributed by atoms with van der Waals surface area (Å²) in [5, 5.41) is 3.49. The summed E-state index contributed by atoms with van der Waals surface area (Å²) >= 11 is 0. The van der Waals surface area contributed by atoms with Crippen molar-refractivity contribution in [2.75, 3.05) is 33.0 Å². The molecule has 0 radical (unpaired) electrons. The van der Waals surface area contributed by atoms with E-state index in [1.54, 1.807) is 0 Å². The molecule has 1 aromatic carbocycles. The lowest BCUT2D eigenvalue weighted by atomic mass is 10.00. The molecule has 1 aromatic rings. The molecule has 1 saturated heterocycles. The van der Waals surface area contributed by atoms with Gasteiger partial charge in [-0.05, 0) is 43.0 Å². The molecule has 2 aliphatic rings. The van der Waals surface area contributed by atoms with E-state index in [0.29, 0.717) is 19.3 Å². The molecule has 4 nitrogen and oxygen atoms in total. The summed E-state index contributed by atoms with van der Waals surface area (Å²) in [6, 6.07) is 4.70. The summed E-state index contributed by atoms with van der Waals surface area (Å²) in [7, 11) is 0. The molecular formula is C15H21NO3. The predicted molar refractivity (Wildman–Crippen MR) is 73.1 cm³/mol. The van der Waals surface area contributed by atoms with Gasteiger partial charge in [-0.3, -0.25) is 0 Å². The lowest BCUT2D eigenvalue weighted by molar-refractivity contribution is 0.0743. The third kappa shape index (κ3) is 3.01. The average molecular weight is 263 g/mol. The van der Waals surface area contributed by atoms with Gasteiger partial charge in [0.15, 0.2) is 11.5 Å². The van der Waals surface area contributed by atoms with Crippen LogP contribution in [-0.4, -0.2) is 39.0 Å². The highest BCUT2D eigenvalue weighted by Crippen LogP contribution is 2.33. The molecule has 0 aromatic heterocycles. The first-order valence-electron chi connectivity index (χ1n) is 7.03. The number of hydrogen-bond donors (Lipinski definition) is 1. The van der Waals surface area contributed by atoms with E-state index in [2.05, 4.69) is 24.4 Å². The van der Waals surface area contributed by atoms with Gasteiger partial charge in [0.1, 0.15) is 13.2 Å². The Balaban J connectivity index is 1.66. The maximum atomic E-state index is 5.65. The first kappa shape index (κ1) is 12.8. The fourth-order valence-corrected chi connectivity index (χ4v) is 2.64. The SMILES string of the molecule is Cc1cc2c(cc1CCC1COCCN1)OCCO2. The van der Waals surface area contributed by atoms with Gasteiger partial charge in [-0.15, -0.1) is 0 Å². The number of rotatable bonds is 3. The van der Waals surface area contributed by atoms with Gasteiger partial charge >= 0.3 is 0 Å². The van der Waals surface area contributed by atoms with E-state index in [4.69, 9.17) is 14.2 Å². The summed E-state index contributed by atoms with van der Waals surface area (Å²) in [5.74, 6) is 1.77. The van der Waals surface area contributed by atoms with Gasteiger partial charge in [0.05, 0.1) is 13.2 Å². The topological polar surface area (TPSA) is 39.7 Å². The molecule has 1 fully saturated rings. The summed E-state index contributed by atoms with van der Waals surface area (Å²) in [6.45, 7) is 6.05. The van der Waals surface area contributed by atoms with Crippen LogP contribution in [0.5, 0.6) is 11.5 Å². The number of ether oxygens (including phenoxy) is 3. The van der Waals surface area contributed by atoms with Crippen molar-refractivity contribution in [2.24, 2.45) is 0 Å². The van der Waals surface area contributed by atoms with Gasteiger partial charge in [0.25, 0.3) is 0 Å². The highest BCUT2D eigenvalue weighted by atomic mass is 16.6. The molecule has 0 bridgehead atoms. The van der Waals surface area contributed by atoms with Crippen LogP contribution in [-0.2, 0) is 11.2 Å². The fraction of sp³-hybridized carbons (Fsp3) is 0.600. The normalized spacial score (nSPS) is 22.3. The molecule has 1 atom stereocenters. The third-order valence-electron chi connectivity index (χ3n) is 3.76. The quantitative estimate of drug-likeness (QED) is 0.901. The molecular weight excluding hydrogens is 242 g/mol. The Morgan fingerprint density at radius 2 is 1.95 bits per heavy atom. The first-order chi connectivity index (χ1) is 9.33. The van der Waals surface area contributed by atoms with Crippen LogP contribution in [0.3, 0.4) is 0 Å². The third-order valence-corrected chi connectivity index (χ3v) is 3.76. The molecule has 0 spiro atoms. The Bertz CT molecular complexity index is 441. The van der Waals surface area contributed by atoms with Crippen molar-refractivity contribution in [1.82, 2.24) is 5.32 Å². The zero-order chi connectivity index (χ0) is 13.1. The minimum Gasteiger partial charge on any atom is -0.486 e. The summed E-state index contributed by atoms with van der Waals surface area (Å²) in [5.41, 5.74) is 2.62. The lowest BCUT2D eigenvalue weighted by Crippen LogP contribution is -2.41. The molecule has 19 heavy (non-hydrogen) atoms. The Kier molecular flexibility index (Phi) is 3.89. The second kappa shape index (κ2) is 5.80. The molecule has 1 N–H and O–H groups in total. The Morgan fingerprint density at radius 1 is 1.16 bits per heavy atom. The summed E-state index contributed by atoms with van der Waals surface area (Å²) < 4.78 is 16.7. The number of fused-ring (bicyclic) bond motifs is 1. The smallest absolute Gasteiger partial charge is 0.161 e. The van der Waals surface area contributed by atoms with Gasteiger partial charge in [0, 0.05) is 12.6 Å². The van der Waals surface area contributed by atoms with E-state index >= 15 is 0 Å². The van der Waals surface area contributed by atoms with Crippen molar-refractivity contribution < 1.29 is 14.2 Å². The molecule has 3 rings (SSSR count). The van der Waals surface area contributed by atoms with Crippen molar-refractivity contribution in [2.45, 2.75) is 25.8 Å². The van der Waals surface area contributed by atoms with Crippen LogP contribution >= 0.6 is 0 Å². The molecule has 0 amide bonds. The van der Waals surface area contributed by atoms with E-state index in [9.17, 15) is 0 Å². The number of morpholine rings is 1. The highest BCUT2D eigenvalue weighted by Gasteiger charge is 2.16. The minimum absolute atomic E-state index is 0.473. The van der Waals surface area contributed by atoms with Crippen LogP contribution in [0.1, 0.15) is 17.5 Å². The van der Waals surface area contributed by atoms with Crippen molar-refractivity contribution in [3.05, 3.63) is 23.3 Å². The molecule has 0 aliphatic carbocycles. The largest absolute Gasteiger partial charge is 0.486 e. The van der Waals surface area contributed by atoms with E-state index < -0.39 is 0 Å². The van der Waals surface area contributed by atoms with Gasteiger partial charge in [0.2, 0.25) is 0 Å². The van der Waals surface area contributed by atoms with Crippen LogP contribution in [0.4, 0.5) is 0 Å². The maximum absolute atomic E-state index is 5.65. The summed E-state index contributed by atoms with van der Waals surface area (Å²) in [4.78, 5) is 0. The van der Waals surface area contributed by atoms with Crippen LogP contribution in [0.15, 0.2) is 12.1 Å². The van der Waals surface area contributed by atoms with Crippen LogP contribution in [0, 0.1) is 6.92 Å². The average Bonchev–Trinajstić information content (AvgIpc) is 2.46. The Hall–Kier alpha value is -1.26. The second-order valence-electron chi connectivity index (χ2n) is 5.19. The van der Waals surface area contributed by atoms with E-state index in [0.717, 1.165) is 44.1 Å².